The van der Waals surface area contributed by atoms with Crippen molar-refractivity contribution in [3.05, 3.63) is 35.9 Å². The van der Waals surface area contributed by atoms with Crippen molar-refractivity contribution < 1.29 is 14.6 Å². The molecule has 15 heavy (non-hydrogen) atoms. The van der Waals surface area contributed by atoms with Gasteiger partial charge in [-0.1, -0.05) is 30.3 Å². The first kappa shape index (κ1) is 10.6. The Labute approximate surface area is 89.6 Å². The van der Waals surface area contributed by atoms with Gasteiger partial charge in [0.1, 0.15) is 6.10 Å². The fraction of sp³-hybridized carbons (Fsp3) is 0.500. The Morgan fingerprint density at radius 2 is 2.13 bits per heavy atom. The smallest absolute Gasteiger partial charge is 0.107 e. The van der Waals surface area contributed by atoms with Crippen LogP contribution in [-0.2, 0) is 16.1 Å². The van der Waals surface area contributed by atoms with Gasteiger partial charge in [-0.25, -0.2) is 0 Å². The fourth-order valence-electron chi connectivity index (χ4n) is 1.66. The molecule has 0 aromatic heterocycles. The highest BCUT2D eigenvalue weighted by atomic mass is 16.5. The molecule has 1 fully saturated rings. The van der Waals surface area contributed by atoms with Crippen LogP contribution in [-0.4, -0.2) is 30.5 Å². The van der Waals surface area contributed by atoms with E-state index in [-0.39, 0.29) is 12.2 Å². The van der Waals surface area contributed by atoms with Gasteiger partial charge in [-0.2, -0.15) is 0 Å². The van der Waals surface area contributed by atoms with Crippen molar-refractivity contribution in [1.82, 2.24) is 0 Å². The molecule has 1 aliphatic rings. The largest absolute Gasteiger partial charge is 0.390 e. The Morgan fingerprint density at radius 1 is 1.33 bits per heavy atom. The van der Waals surface area contributed by atoms with E-state index in [0.29, 0.717) is 19.8 Å². The third-order valence-corrected chi connectivity index (χ3v) is 2.57. The third-order valence-electron chi connectivity index (χ3n) is 2.57. The quantitative estimate of drug-likeness (QED) is 0.811. The maximum absolute atomic E-state index is 9.48. The van der Waals surface area contributed by atoms with E-state index in [2.05, 4.69) is 0 Å². The van der Waals surface area contributed by atoms with E-state index < -0.39 is 0 Å². The normalized spacial score (nSPS) is 25.7. The van der Waals surface area contributed by atoms with Gasteiger partial charge in [0.15, 0.2) is 0 Å². The second kappa shape index (κ2) is 5.26. The second-order valence-electron chi connectivity index (χ2n) is 3.77. The number of rotatable bonds is 4. The molecule has 1 N–H and O–H groups in total. The van der Waals surface area contributed by atoms with Gasteiger partial charge in [-0.3, -0.25) is 0 Å². The highest BCUT2D eigenvalue weighted by Crippen LogP contribution is 2.14. The molecule has 0 radical (unpaired) electrons. The summed E-state index contributed by atoms with van der Waals surface area (Å²) in [6, 6.07) is 9.99. The van der Waals surface area contributed by atoms with Crippen LogP contribution in [0.1, 0.15) is 12.0 Å². The minimum Gasteiger partial charge on any atom is -0.390 e. The lowest BCUT2D eigenvalue weighted by Gasteiger charge is -2.13. The number of ether oxygens (including phenoxy) is 2. The number of aliphatic hydroxyl groups excluding tert-OH is 1. The Hall–Kier alpha value is -0.900. The number of aliphatic hydroxyl groups is 1. The molecule has 1 saturated heterocycles. The molecule has 0 unspecified atom stereocenters. The van der Waals surface area contributed by atoms with Crippen molar-refractivity contribution in [2.45, 2.75) is 25.2 Å². The third kappa shape index (κ3) is 3.02. The van der Waals surface area contributed by atoms with Crippen LogP contribution in [0.5, 0.6) is 0 Å². The molecule has 2 atom stereocenters. The van der Waals surface area contributed by atoms with E-state index in [0.717, 1.165) is 12.0 Å². The highest BCUT2D eigenvalue weighted by Gasteiger charge is 2.25. The molecule has 2 rings (SSSR count). The molecule has 1 aromatic carbocycles. The molecule has 0 bridgehead atoms. The van der Waals surface area contributed by atoms with Crippen LogP contribution in [0.3, 0.4) is 0 Å². The lowest BCUT2D eigenvalue weighted by Crippen LogP contribution is -2.26. The minimum absolute atomic E-state index is 0.145. The maximum Gasteiger partial charge on any atom is 0.107 e. The van der Waals surface area contributed by atoms with Gasteiger partial charge in [-0.15, -0.1) is 0 Å². The standard InChI is InChI=1S/C12H16O3/c13-11-6-7-15-12(11)9-14-8-10-4-2-1-3-5-10/h1-5,11-13H,6-9H2/t11-,12+/m1/s1. The molecule has 0 spiro atoms. The summed E-state index contributed by atoms with van der Waals surface area (Å²) in [6.45, 7) is 1.68. The Bertz CT molecular complexity index is 286. The molecule has 3 heteroatoms. The van der Waals surface area contributed by atoms with Crippen molar-refractivity contribution in [3.63, 3.8) is 0 Å². The van der Waals surface area contributed by atoms with Crippen molar-refractivity contribution >= 4 is 0 Å². The average Bonchev–Trinajstić information content (AvgIpc) is 2.66. The van der Waals surface area contributed by atoms with Crippen LogP contribution in [0, 0.1) is 0 Å². The monoisotopic (exact) mass is 208 g/mol. The molecule has 0 aliphatic carbocycles. The van der Waals surface area contributed by atoms with Crippen molar-refractivity contribution in [3.8, 4) is 0 Å². The van der Waals surface area contributed by atoms with Crippen molar-refractivity contribution in [1.29, 1.82) is 0 Å². The van der Waals surface area contributed by atoms with E-state index in [1.165, 1.54) is 0 Å². The summed E-state index contributed by atoms with van der Waals surface area (Å²) in [6.07, 6.45) is 0.216. The zero-order valence-electron chi connectivity index (χ0n) is 8.63. The molecule has 0 saturated carbocycles. The van der Waals surface area contributed by atoms with Crippen molar-refractivity contribution in [2.24, 2.45) is 0 Å². The highest BCUT2D eigenvalue weighted by molar-refractivity contribution is 5.13. The first-order valence-corrected chi connectivity index (χ1v) is 5.27. The zero-order chi connectivity index (χ0) is 10.5. The molecule has 0 amide bonds. The fourth-order valence-corrected chi connectivity index (χ4v) is 1.66. The SMILES string of the molecule is O[C@@H]1CCO[C@H]1COCc1ccccc1. The van der Waals surface area contributed by atoms with Gasteiger partial charge < -0.3 is 14.6 Å². The van der Waals surface area contributed by atoms with E-state index in [1.807, 2.05) is 30.3 Å². The van der Waals surface area contributed by atoms with E-state index in [9.17, 15) is 5.11 Å². The first-order valence-electron chi connectivity index (χ1n) is 5.27. The van der Waals surface area contributed by atoms with E-state index in [4.69, 9.17) is 9.47 Å². The number of hydrogen-bond acceptors (Lipinski definition) is 3. The maximum atomic E-state index is 9.48. The van der Waals surface area contributed by atoms with Crippen LogP contribution in [0.25, 0.3) is 0 Å². The lowest BCUT2D eigenvalue weighted by molar-refractivity contribution is -0.0288. The molecule has 1 aromatic rings. The van der Waals surface area contributed by atoms with Crippen LogP contribution in [0.15, 0.2) is 30.3 Å². The summed E-state index contributed by atoms with van der Waals surface area (Å²) >= 11 is 0. The van der Waals surface area contributed by atoms with Crippen LogP contribution < -0.4 is 0 Å². The summed E-state index contributed by atoms with van der Waals surface area (Å²) in [5, 5.41) is 9.48. The van der Waals surface area contributed by atoms with Gasteiger partial charge in [0.2, 0.25) is 0 Å². The second-order valence-corrected chi connectivity index (χ2v) is 3.77. The Morgan fingerprint density at radius 3 is 2.80 bits per heavy atom. The molecular formula is C12H16O3. The van der Waals surface area contributed by atoms with Crippen molar-refractivity contribution in [2.75, 3.05) is 13.2 Å². The molecule has 82 valence electrons. The summed E-state index contributed by atoms with van der Waals surface area (Å²) < 4.78 is 10.8. The first-order chi connectivity index (χ1) is 7.36. The van der Waals surface area contributed by atoms with E-state index >= 15 is 0 Å². The molecule has 3 nitrogen and oxygen atoms in total. The molecule has 1 aliphatic heterocycles. The zero-order valence-corrected chi connectivity index (χ0v) is 8.63. The van der Waals surface area contributed by atoms with E-state index in [1.54, 1.807) is 0 Å². The topological polar surface area (TPSA) is 38.7 Å². The molecule has 1 heterocycles. The van der Waals surface area contributed by atoms with Crippen LogP contribution >= 0.6 is 0 Å². The average molecular weight is 208 g/mol. The molecular weight excluding hydrogens is 192 g/mol. The van der Waals surface area contributed by atoms with Crippen LogP contribution in [0.4, 0.5) is 0 Å². The van der Waals surface area contributed by atoms with Gasteiger partial charge in [-0.05, 0) is 12.0 Å². The summed E-state index contributed by atoms with van der Waals surface area (Å²) in [4.78, 5) is 0. The van der Waals surface area contributed by atoms with Gasteiger partial charge >= 0.3 is 0 Å². The predicted molar refractivity (Wildman–Crippen MR) is 56.5 cm³/mol. The van der Waals surface area contributed by atoms with Crippen LogP contribution in [0.2, 0.25) is 0 Å². The summed E-state index contributed by atoms with van der Waals surface area (Å²) in [5.74, 6) is 0. The minimum atomic E-state index is -0.360. The summed E-state index contributed by atoms with van der Waals surface area (Å²) in [5.41, 5.74) is 1.14. The number of hydrogen-bond donors (Lipinski definition) is 1. The van der Waals surface area contributed by atoms with Gasteiger partial charge in [0.25, 0.3) is 0 Å². The summed E-state index contributed by atoms with van der Waals surface area (Å²) in [7, 11) is 0. The van der Waals surface area contributed by atoms with Gasteiger partial charge in [0, 0.05) is 6.61 Å². The Balaban J connectivity index is 1.71. The Kier molecular flexibility index (Phi) is 3.72. The predicted octanol–water partition coefficient (Wildman–Crippen LogP) is 1.35. The number of benzene rings is 1. The lowest BCUT2D eigenvalue weighted by atomic mass is 10.2. The van der Waals surface area contributed by atoms with Gasteiger partial charge in [0.05, 0.1) is 19.3 Å².